The molecule has 148 valence electrons. The van der Waals surface area contributed by atoms with E-state index >= 15 is 0 Å². The first-order valence-corrected chi connectivity index (χ1v) is 10.6. The smallest absolute Gasteiger partial charge is 0.224 e. The normalized spacial score (nSPS) is 51.3. The maximum Gasteiger partial charge on any atom is 0.224 e. The molecule has 1 unspecified atom stereocenters. The first-order chi connectivity index (χ1) is 12.9. The quantitative estimate of drug-likeness (QED) is 0.556. The average molecular weight is 440 g/mol. The molecule has 2 bridgehead atoms. The van der Waals surface area contributed by atoms with Crippen LogP contribution in [0.25, 0.3) is 0 Å². The van der Waals surface area contributed by atoms with Gasteiger partial charge in [0.2, 0.25) is 11.7 Å². The first kappa shape index (κ1) is 18.2. The summed E-state index contributed by atoms with van der Waals surface area (Å²) in [6.45, 7) is 6.40. The van der Waals surface area contributed by atoms with Crippen molar-refractivity contribution in [2.24, 2.45) is 17.8 Å². The van der Waals surface area contributed by atoms with Crippen molar-refractivity contribution in [1.82, 2.24) is 9.97 Å². The molecule has 4 aliphatic heterocycles. The van der Waals surface area contributed by atoms with E-state index in [2.05, 4.69) is 45.1 Å². The van der Waals surface area contributed by atoms with Crippen molar-refractivity contribution in [1.29, 1.82) is 0 Å². The number of alkyl halides is 1. The van der Waals surface area contributed by atoms with Gasteiger partial charge in [0.15, 0.2) is 11.9 Å². The van der Waals surface area contributed by atoms with Crippen LogP contribution in [0.1, 0.15) is 46.5 Å². The first-order valence-electron chi connectivity index (χ1n) is 9.78. The lowest BCUT2D eigenvalue weighted by Gasteiger charge is -2.62. The molecule has 8 atom stereocenters. The van der Waals surface area contributed by atoms with E-state index in [1.165, 1.54) is 0 Å². The molecule has 6 rings (SSSR count). The second-order valence-electron chi connectivity index (χ2n) is 8.74. The van der Waals surface area contributed by atoms with Crippen LogP contribution in [0.4, 0.5) is 5.95 Å². The van der Waals surface area contributed by atoms with Gasteiger partial charge in [-0.25, -0.2) is 19.7 Å². The van der Waals surface area contributed by atoms with Crippen molar-refractivity contribution in [3.8, 4) is 0 Å². The maximum absolute atomic E-state index is 6.50. The number of nitrogens with one attached hydrogen (secondary N) is 1. The maximum atomic E-state index is 6.50. The molecule has 7 nitrogen and oxygen atoms in total. The summed E-state index contributed by atoms with van der Waals surface area (Å²) < 4.78 is 12.5. The molecule has 1 aromatic rings. The largest absolute Gasteiger partial charge is 0.327 e. The molecule has 4 saturated heterocycles. The average Bonchev–Trinajstić information content (AvgIpc) is 2.86. The van der Waals surface area contributed by atoms with E-state index in [1.807, 2.05) is 6.92 Å². The fraction of sp³-hybridized carbons (Fsp3) is 0.789. The summed E-state index contributed by atoms with van der Waals surface area (Å²) in [5, 5.41) is 3.34. The van der Waals surface area contributed by atoms with Gasteiger partial charge in [0, 0.05) is 24.7 Å². The molecule has 5 fully saturated rings. The van der Waals surface area contributed by atoms with Crippen molar-refractivity contribution in [3.63, 3.8) is 0 Å². The molecule has 0 amide bonds. The molecule has 0 radical (unpaired) electrons. The molecule has 1 aromatic heterocycles. The van der Waals surface area contributed by atoms with E-state index in [0.29, 0.717) is 17.8 Å². The molecule has 5 aliphatic rings. The van der Waals surface area contributed by atoms with Crippen molar-refractivity contribution >= 4 is 21.9 Å². The zero-order valence-electron chi connectivity index (χ0n) is 15.9. The summed E-state index contributed by atoms with van der Waals surface area (Å²) in [6.07, 6.45) is 6.55. The number of hydrogen-bond acceptors (Lipinski definition) is 7. The second-order valence-corrected chi connectivity index (χ2v) is 10.4. The summed E-state index contributed by atoms with van der Waals surface area (Å²) in [7, 11) is 0. The van der Waals surface area contributed by atoms with E-state index in [-0.39, 0.29) is 12.1 Å². The van der Waals surface area contributed by atoms with Gasteiger partial charge in [-0.15, -0.1) is 0 Å². The Morgan fingerprint density at radius 1 is 1.15 bits per heavy atom. The van der Waals surface area contributed by atoms with Crippen LogP contribution in [0.5, 0.6) is 0 Å². The van der Waals surface area contributed by atoms with Crippen molar-refractivity contribution in [2.45, 2.75) is 74.7 Å². The molecule has 5 heterocycles. The Morgan fingerprint density at radius 3 is 2.70 bits per heavy atom. The molecule has 0 aromatic carbocycles. The lowest BCUT2D eigenvalue weighted by molar-refractivity contribution is -0.568. The highest BCUT2D eigenvalue weighted by molar-refractivity contribution is 9.10. The molecule has 27 heavy (non-hydrogen) atoms. The van der Waals surface area contributed by atoms with Gasteiger partial charge in [0.05, 0.1) is 4.32 Å². The number of nitrogens with zero attached hydrogens (tertiary/aromatic N) is 2. The minimum absolute atomic E-state index is 0.161. The van der Waals surface area contributed by atoms with E-state index in [1.54, 1.807) is 18.5 Å². The number of rotatable bonds is 2. The van der Waals surface area contributed by atoms with Crippen LogP contribution in [0.2, 0.25) is 0 Å². The number of aromatic nitrogens is 2. The van der Waals surface area contributed by atoms with Crippen LogP contribution in [-0.2, 0) is 19.2 Å². The zero-order chi connectivity index (χ0) is 18.9. The van der Waals surface area contributed by atoms with Crippen LogP contribution in [0.3, 0.4) is 0 Å². The van der Waals surface area contributed by atoms with Crippen LogP contribution >= 0.6 is 15.9 Å². The third-order valence-electron chi connectivity index (χ3n) is 7.00. The van der Waals surface area contributed by atoms with Crippen LogP contribution in [0, 0.1) is 17.8 Å². The number of anilines is 1. The highest BCUT2D eigenvalue weighted by atomic mass is 79.9. The molecule has 1 N–H and O–H groups in total. The SMILES string of the molecule is C[C@@H]1CC[C@@H]2[C@]34OO[C@](C)(CC[C@@H]13)O[C@H]4OC(Nc1ncccn1)[C@@]2(C)Br. The second kappa shape index (κ2) is 6.10. The molecular formula is C19H26BrN3O4. The summed E-state index contributed by atoms with van der Waals surface area (Å²) >= 11 is 3.98. The van der Waals surface area contributed by atoms with Gasteiger partial charge in [-0.05, 0) is 51.0 Å². The molecule has 1 saturated carbocycles. The van der Waals surface area contributed by atoms with Crippen molar-refractivity contribution in [2.75, 3.05) is 5.32 Å². The minimum Gasteiger partial charge on any atom is -0.327 e. The number of hydrogen-bond donors (Lipinski definition) is 1. The summed E-state index contributed by atoms with van der Waals surface area (Å²) in [4.78, 5) is 20.6. The Bertz CT molecular complexity index is 722. The highest BCUT2D eigenvalue weighted by Crippen LogP contribution is 2.63. The van der Waals surface area contributed by atoms with Crippen LogP contribution in [0.15, 0.2) is 18.5 Å². The molecular weight excluding hydrogens is 414 g/mol. The van der Waals surface area contributed by atoms with Crippen molar-refractivity contribution in [3.05, 3.63) is 18.5 Å². The van der Waals surface area contributed by atoms with Gasteiger partial charge in [-0.1, -0.05) is 22.9 Å². The third kappa shape index (κ3) is 2.60. The fourth-order valence-electron chi connectivity index (χ4n) is 5.55. The van der Waals surface area contributed by atoms with Gasteiger partial charge in [0.25, 0.3) is 0 Å². The summed E-state index contributed by atoms with van der Waals surface area (Å²) in [6, 6.07) is 1.79. The monoisotopic (exact) mass is 439 g/mol. The predicted molar refractivity (Wildman–Crippen MR) is 101 cm³/mol. The van der Waals surface area contributed by atoms with E-state index in [4.69, 9.17) is 19.2 Å². The van der Waals surface area contributed by atoms with E-state index in [0.717, 1.165) is 25.7 Å². The Morgan fingerprint density at radius 2 is 1.93 bits per heavy atom. The molecule has 1 aliphatic carbocycles. The number of halogens is 1. The lowest BCUT2D eigenvalue weighted by Crippen LogP contribution is -2.74. The van der Waals surface area contributed by atoms with Crippen LogP contribution < -0.4 is 5.32 Å². The van der Waals surface area contributed by atoms with E-state index < -0.39 is 22.0 Å². The fourth-order valence-corrected chi connectivity index (χ4v) is 6.36. The van der Waals surface area contributed by atoms with Crippen LogP contribution in [-0.4, -0.2) is 38.2 Å². The van der Waals surface area contributed by atoms with Gasteiger partial charge in [-0.2, -0.15) is 0 Å². The standard InChI is InChI=1S/C19H26BrN3O4/c1-11-5-6-13-18(3,20)14(23-16-21-9-4-10-22-16)24-15-19(13)12(11)7-8-17(2,25-15)26-27-19/h4,9-15H,5-8H2,1-3H3,(H,21,22,23)/t11-,12+,13+,14?,15-,17-,18+,19-/m1/s1. The Labute approximate surface area is 167 Å². The van der Waals surface area contributed by atoms with Gasteiger partial charge >= 0.3 is 0 Å². The minimum atomic E-state index is -0.772. The highest BCUT2D eigenvalue weighted by Gasteiger charge is 2.72. The lowest BCUT2D eigenvalue weighted by atomic mass is 9.58. The zero-order valence-corrected chi connectivity index (χ0v) is 17.4. The van der Waals surface area contributed by atoms with Gasteiger partial charge in [0.1, 0.15) is 6.23 Å². The molecule has 8 heteroatoms. The molecule has 1 spiro atoms. The summed E-state index contributed by atoms with van der Waals surface area (Å²) in [5.41, 5.74) is -0.609. The predicted octanol–water partition coefficient (Wildman–Crippen LogP) is 3.61. The number of ether oxygens (including phenoxy) is 2. The topological polar surface area (TPSA) is 74.7 Å². The third-order valence-corrected chi connectivity index (χ3v) is 7.97. The Kier molecular flexibility index (Phi) is 4.12. The van der Waals surface area contributed by atoms with Crippen molar-refractivity contribution < 1.29 is 19.2 Å². The van der Waals surface area contributed by atoms with Gasteiger partial charge in [-0.3, -0.25) is 0 Å². The van der Waals surface area contributed by atoms with Gasteiger partial charge < -0.3 is 14.8 Å². The van der Waals surface area contributed by atoms with E-state index in [9.17, 15) is 0 Å². The Hall–Kier alpha value is -0.800. The summed E-state index contributed by atoms with van der Waals surface area (Å²) in [5.74, 6) is 0.785. The number of fused-ring (bicyclic) bond motifs is 2. The Balaban J connectivity index is 1.55.